The van der Waals surface area contributed by atoms with Gasteiger partial charge in [-0.2, -0.15) is 0 Å². The third-order valence-electron chi connectivity index (χ3n) is 1.69. The van der Waals surface area contributed by atoms with E-state index >= 15 is 0 Å². The Morgan fingerprint density at radius 1 is 1.20 bits per heavy atom. The van der Waals surface area contributed by atoms with Gasteiger partial charge in [-0.1, -0.05) is 6.07 Å². The zero-order chi connectivity index (χ0) is 10.5. The fourth-order valence-corrected chi connectivity index (χ4v) is 1.21. The number of aromatic nitrogens is 3. The van der Waals surface area contributed by atoms with Crippen molar-refractivity contribution in [2.45, 2.75) is 6.61 Å². The molecule has 0 saturated carbocycles. The van der Waals surface area contributed by atoms with E-state index in [0.29, 0.717) is 12.6 Å². The third-order valence-corrected chi connectivity index (χ3v) is 2.10. The maximum atomic E-state index is 5.36. The lowest BCUT2D eigenvalue weighted by molar-refractivity contribution is 0.280. The second kappa shape index (κ2) is 4.84. The van der Waals surface area contributed by atoms with E-state index in [1.165, 1.54) is 0 Å². The minimum absolute atomic E-state index is 0.363. The molecule has 0 spiro atoms. The van der Waals surface area contributed by atoms with Gasteiger partial charge in [-0.3, -0.25) is 4.98 Å². The van der Waals surface area contributed by atoms with Crippen LogP contribution >= 0.6 is 15.9 Å². The molecule has 0 unspecified atom stereocenters. The van der Waals surface area contributed by atoms with Gasteiger partial charge in [0.05, 0.1) is 4.47 Å². The first-order valence-electron chi connectivity index (χ1n) is 4.34. The molecule has 0 aliphatic heterocycles. The molecule has 0 saturated heterocycles. The van der Waals surface area contributed by atoms with E-state index in [1.807, 2.05) is 12.1 Å². The summed E-state index contributed by atoms with van der Waals surface area (Å²) < 4.78 is 6.19. The van der Waals surface area contributed by atoms with Gasteiger partial charge in [-0.05, 0) is 22.0 Å². The van der Waals surface area contributed by atoms with E-state index in [1.54, 1.807) is 24.8 Å². The normalized spacial score (nSPS) is 9.93. The summed E-state index contributed by atoms with van der Waals surface area (Å²) in [4.78, 5) is 12.0. The molecule has 0 amide bonds. The molecule has 0 aliphatic rings. The van der Waals surface area contributed by atoms with Crippen LogP contribution in [0.4, 0.5) is 0 Å². The average molecular weight is 266 g/mol. The van der Waals surface area contributed by atoms with E-state index < -0.39 is 0 Å². The fourth-order valence-electron chi connectivity index (χ4n) is 1.01. The van der Waals surface area contributed by atoms with Crippen LogP contribution in [0.1, 0.15) is 5.56 Å². The lowest BCUT2D eigenvalue weighted by atomic mass is 10.3. The zero-order valence-electron chi connectivity index (χ0n) is 7.80. The maximum absolute atomic E-state index is 5.36. The molecule has 0 N–H and O–H groups in total. The van der Waals surface area contributed by atoms with Gasteiger partial charge in [-0.25, -0.2) is 9.97 Å². The number of pyridine rings is 1. The van der Waals surface area contributed by atoms with Crippen molar-refractivity contribution in [2.24, 2.45) is 0 Å². The summed E-state index contributed by atoms with van der Waals surface area (Å²) in [5.41, 5.74) is 0.990. The molecule has 0 atom stereocenters. The number of hydrogen-bond donors (Lipinski definition) is 0. The Labute approximate surface area is 95.5 Å². The molecule has 0 radical (unpaired) electrons. The van der Waals surface area contributed by atoms with Crippen molar-refractivity contribution in [3.8, 4) is 6.01 Å². The molecule has 5 heteroatoms. The van der Waals surface area contributed by atoms with Crippen LogP contribution in [0, 0.1) is 0 Å². The van der Waals surface area contributed by atoms with Crippen molar-refractivity contribution in [1.82, 2.24) is 15.0 Å². The van der Waals surface area contributed by atoms with E-state index in [0.717, 1.165) is 10.0 Å². The fraction of sp³-hybridized carbons (Fsp3) is 0.100. The molecule has 4 nitrogen and oxygen atoms in total. The number of halogens is 1. The summed E-state index contributed by atoms with van der Waals surface area (Å²) in [6.45, 7) is 0.426. The minimum Gasteiger partial charge on any atom is -0.459 e. The van der Waals surface area contributed by atoms with Crippen LogP contribution in [0.5, 0.6) is 6.01 Å². The Bertz CT molecular complexity index is 418. The first kappa shape index (κ1) is 10.0. The highest BCUT2D eigenvalue weighted by Crippen LogP contribution is 2.09. The van der Waals surface area contributed by atoms with Crippen LogP contribution in [0.2, 0.25) is 0 Å². The number of rotatable bonds is 3. The van der Waals surface area contributed by atoms with Gasteiger partial charge in [0.1, 0.15) is 6.61 Å². The highest BCUT2D eigenvalue weighted by atomic mass is 79.9. The van der Waals surface area contributed by atoms with Crippen LogP contribution in [-0.2, 0) is 6.61 Å². The molecule has 2 aromatic heterocycles. The number of nitrogens with zero attached hydrogens (tertiary/aromatic N) is 3. The molecule has 15 heavy (non-hydrogen) atoms. The largest absolute Gasteiger partial charge is 0.459 e. The van der Waals surface area contributed by atoms with Crippen molar-refractivity contribution < 1.29 is 4.74 Å². The SMILES string of the molecule is Brc1cnc(OCc2cccnc2)nc1. The molecule has 2 aromatic rings. The number of hydrogen-bond acceptors (Lipinski definition) is 4. The molecule has 0 aliphatic carbocycles. The highest BCUT2D eigenvalue weighted by molar-refractivity contribution is 9.10. The Morgan fingerprint density at radius 3 is 2.67 bits per heavy atom. The number of ether oxygens (including phenoxy) is 1. The molecule has 2 heterocycles. The average Bonchev–Trinajstić information content (AvgIpc) is 2.30. The zero-order valence-corrected chi connectivity index (χ0v) is 9.39. The van der Waals surface area contributed by atoms with Gasteiger partial charge < -0.3 is 4.74 Å². The predicted molar refractivity (Wildman–Crippen MR) is 58.3 cm³/mol. The first-order chi connectivity index (χ1) is 7.34. The van der Waals surface area contributed by atoms with Crippen LogP contribution in [0.25, 0.3) is 0 Å². The lowest BCUT2D eigenvalue weighted by Crippen LogP contribution is -1.99. The van der Waals surface area contributed by atoms with E-state index in [4.69, 9.17) is 4.74 Å². The Balaban J connectivity index is 1.96. The van der Waals surface area contributed by atoms with Crippen LogP contribution < -0.4 is 4.74 Å². The topological polar surface area (TPSA) is 47.9 Å². The maximum Gasteiger partial charge on any atom is 0.316 e. The third kappa shape index (κ3) is 2.99. The second-order valence-electron chi connectivity index (χ2n) is 2.83. The summed E-state index contributed by atoms with van der Waals surface area (Å²) in [6, 6.07) is 4.16. The summed E-state index contributed by atoms with van der Waals surface area (Å²) in [6.07, 6.45) is 6.76. The van der Waals surface area contributed by atoms with Crippen molar-refractivity contribution in [1.29, 1.82) is 0 Å². The molecule has 0 aromatic carbocycles. The molecule has 76 valence electrons. The Hall–Kier alpha value is -1.49. The Morgan fingerprint density at radius 2 is 2.00 bits per heavy atom. The standard InChI is InChI=1S/C10H8BrN3O/c11-9-5-13-10(14-6-9)15-7-8-2-1-3-12-4-8/h1-6H,7H2. The smallest absolute Gasteiger partial charge is 0.316 e. The molecular weight excluding hydrogens is 258 g/mol. The summed E-state index contributed by atoms with van der Waals surface area (Å²) in [5.74, 6) is 0. The van der Waals surface area contributed by atoms with Crippen LogP contribution in [-0.4, -0.2) is 15.0 Å². The minimum atomic E-state index is 0.363. The summed E-state index contributed by atoms with van der Waals surface area (Å²) in [7, 11) is 0. The summed E-state index contributed by atoms with van der Waals surface area (Å²) in [5, 5.41) is 0. The quantitative estimate of drug-likeness (QED) is 0.854. The summed E-state index contributed by atoms with van der Waals surface area (Å²) >= 11 is 3.25. The Kier molecular flexibility index (Phi) is 3.24. The van der Waals surface area contributed by atoms with Crippen molar-refractivity contribution >= 4 is 15.9 Å². The monoisotopic (exact) mass is 265 g/mol. The lowest BCUT2D eigenvalue weighted by Gasteiger charge is -2.02. The van der Waals surface area contributed by atoms with Gasteiger partial charge in [-0.15, -0.1) is 0 Å². The first-order valence-corrected chi connectivity index (χ1v) is 5.13. The second-order valence-corrected chi connectivity index (χ2v) is 3.75. The van der Waals surface area contributed by atoms with E-state index in [9.17, 15) is 0 Å². The van der Waals surface area contributed by atoms with Gasteiger partial charge in [0.25, 0.3) is 0 Å². The van der Waals surface area contributed by atoms with Gasteiger partial charge in [0.2, 0.25) is 0 Å². The van der Waals surface area contributed by atoms with E-state index in [2.05, 4.69) is 30.9 Å². The highest BCUT2D eigenvalue weighted by Gasteiger charge is 1.97. The molecular formula is C10H8BrN3O. The van der Waals surface area contributed by atoms with Crippen molar-refractivity contribution in [2.75, 3.05) is 0 Å². The van der Waals surface area contributed by atoms with Gasteiger partial charge >= 0.3 is 6.01 Å². The predicted octanol–water partition coefficient (Wildman–Crippen LogP) is 2.21. The van der Waals surface area contributed by atoms with E-state index in [-0.39, 0.29) is 0 Å². The van der Waals surface area contributed by atoms with Gasteiger partial charge in [0, 0.05) is 30.4 Å². The molecule has 2 rings (SSSR count). The van der Waals surface area contributed by atoms with Gasteiger partial charge in [0.15, 0.2) is 0 Å². The molecule has 0 fully saturated rings. The van der Waals surface area contributed by atoms with Crippen LogP contribution in [0.15, 0.2) is 41.4 Å². The van der Waals surface area contributed by atoms with Crippen molar-refractivity contribution in [3.05, 3.63) is 47.0 Å². The molecule has 0 bridgehead atoms. The van der Waals surface area contributed by atoms with Crippen molar-refractivity contribution in [3.63, 3.8) is 0 Å². The van der Waals surface area contributed by atoms with Crippen LogP contribution in [0.3, 0.4) is 0 Å².